The van der Waals surface area contributed by atoms with E-state index in [1.54, 1.807) is 12.7 Å². The van der Waals surface area contributed by atoms with Gasteiger partial charge in [0.15, 0.2) is 0 Å². The number of aliphatic hydroxyl groups excluding tert-OH is 1. The smallest absolute Gasteiger partial charge is 0.137 e. The lowest BCUT2D eigenvalue weighted by molar-refractivity contribution is 0.0921. The summed E-state index contributed by atoms with van der Waals surface area (Å²) in [7, 11) is 2.18. The quantitative estimate of drug-likeness (QED) is 0.779. The summed E-state index contributed by atoms with van der Waals surface area (Å²) < 4.78 is 1.88. The third-order valence-electron chi connectivity index (χ3n) is 3.98. The average molecular weight is 281 g/mol. The minimum atomic E-state index is -0.211. The van der Waals surface area contributed by atoms with Gasteiger partial charge in [-0.1, -0.05) is 0 Å². The highest BCUT2D eigenvalue weighted by Gasteiger charge is 2.20. The van der Waals surface area contributed by atoms with E-state index in [1.807, 2.05) is 11.6 Å². The van der Waals surface area contributed by atoms with Crippen LogP contribution in [0, 0.1) is 5.92 Å². The molecule has 6 nitrogen and oxygen atoms in total. The first-order valence-electron chi connectivity index (χ1n) is 7.55. The van der Waals surface area contributed by atoms with Crippen molar-refractivity contribution in [2.24, 2.45) is 5.92 Å². The molecule has 0 radical (unpaired) electrons. The van der Waals surface area contributed by atoms with Crippen LogP contribution in [0.3, 0.4) is 0 Å². The average Bonchev–Trinajstić information content (AvgIpc) is 2.91. The first-order chi connectivity index (χ1) is 9.63. The highest BCUT2D eigenvalue weighted by Crippen LogP contribution is 2.18. The standard InChI is InChI=1S/C14H27N5O/c1-13(20)9-18-5-3-14(4-6-18)10-17(2)7-8-19-12-15-11-16-19/h11-14,20H,3-10H2,1-2H3/t13-/m0/s1. The molecule has 114 valence electrons. The van der Waals surface area contributed by atoms with Crippen LogP contribution < -0.4 is 0 Å². The van der Waals surface area contributed by atoms with E-state index >= 15 is 0 Å². The topological polar surface area (TPSA) is 57.4 Å². The van der Waals surface area contributed by atoms with Gasteiger partial charge in [0, 0.05) is 19.6 Å². The van der Waals surface area contributed by atoms with E-state index in [-0.39, 0.29) is 6.10 Å². The third kappa shape index (κ3) is 5.19. The molecule has 0 spiro atoms. The number of nitrogens with zero attached hydrogens (tertiary/aromatic N) is 5. The molecule has 0 unspecified atom stereocenters. The Morgan fingerprint density at radius 3 is 2.75 bits per heavy atom. The molecule has 0 aromatic carbocycles. The van der Waals surface area contributed by atoms with Crippen molar-refractivity contribution < 1.29 is 5.11 Å². The van der Waals surface area contributed by atoms with Crippen LogP contribution in [0.4, 0.5) is 0 Å². The maximum absolute atomic E-state index is 9.41. The van der Waals surface area contributed by atoms with Gasteiger partial charge in [-0.05, 0) is 45.8 Å². The molecule has 1 saturated heterocycles. The van der Waals surface area contributed by atoms with Crippen LogP contribution in [0.25, 0.3) is 0 Å². The van der Waals surface area contributed by atoms with Crippen molar-refractivity contribution >= 4 is 0 Å². The molecule has 0 aliphatic carbocycles. The number of likely N-dealkylation sites (tertiary alicyclic amines) is 1. The number of hydrogen-bond donors (Lipinski definition) is 1. The molecule has 1 N–H and O–H groups in total. The van der Waals surface area contributed by atoms with Gasteiger partial charge in [0.2, 0.25) is 0 Å². The molecule has 20 heavy (non-hydrogen) atoms. The second kappa shape index (κ2) is 7.71. The van der Waals surface area contributed by atoms with Gasteiger partial charge in [-0.15, -0.1) is 0 Å². The highest BCUT2D eigenvalue weighted by atomic mass is 16.3. The van der Waals surface area contributed by atoms with Crippen LogP contribution in [-0.4, -0.2) is 75.5 Å². The molecule has 2 rings (SSSR count). The molecule has 1 aliphatic heterocycles. The second-order valence-electron chi connectivity index (χ2n) is 6.01. The van der Waals surface area contributed by atoms with Crippen molar-refractivity contribution in [2.75, 3.05) is 39.8 Å². The van der Waals surface area contributed by atoms with Crippen molar-refractivity contribution in [3.63, 3.8) is 0 Å². The zero-order chi connectivity index (χ0) is 14.4. The predicted octanol–water partition coefficient (Wildman–Crippen LogP) is 0.303. The van der Waals surface area contributed by atoms with E-state index in [4.69, 9.17) is 0 Å². The minimum Gasteiger partial charge on any atom is -0.392 e. The van der Waals surface area contributed by atoms with Crippen molar-refractivity contribution in [3.8, 4) is 0 Å². The lowest BCUT2D eigenvalue weighted by Crippen LogP contribution is -2.41. The summed E-state index contributed by atoms with van der Waals surface area (Å²) in [6.07, 6.45) is 5.61. The molecule has 2 heterocycles. The van der Waals surface area contributed by atoms with Crippen LogP contribution in [-0.2, 0) is 6.54 Å². The minimum absolute atomic E-state index is 0.211. The van der Waals surface area contributed by atoms with E-state index in [2.05, 4.69) is 26.9 Å². The zero-order valence-corrected chi connectivity index (χ0v) is 12.6. The molecule has 0 saturated carbocycles. The molecule has 6 heteroatoms. The van der Waals surface area contributed by atoms with Gasteiger partial charge in [0.25, 0.3) is 0 Å². The number of piperidine rings is 1. The number of aliphatic hydroxyl groups is 1. The van der Waals surface area contributed by atoms with E-state index in [9.17, 15) is 5.11 Å². The van der Waals surface area contributed by atoms with Crippen LogP contribution in [0.15, 0.2) is 12.7 Å². The lowest BCUT2D eigenvalue weighted by Gasteiger charge is -2.34. The summed E-state index contributed by atoms with van der Waals surface area (Å²) >= 11 is 0. The summed E-state index contributed by atoms with van der Waals surface area (Å²) in [5.74, 6) is 0.779. The first-order valence-corrected chi connectivity index (χ1v) is 7.55. The zero-order valence-electron chi connectivity index (χ0n) is 12.6. The lowest BCUT2D eigenvalue weighted by atomic mass is 9.96. The second-order valence-corrected chi connectivity index (χ2v) is 6.01. The van der Waals surface area contributed by atoms with Crippen molar-refractivity contribution in [1.82, 2.24) is 24.6 Å². The Hall–Kier alpha value is -0.980. The fourth-order valence-corrected chi connectivity index (χ4v) is 2.88. The van der Waals surface area contributed by atoms with Crippen LogP contribution >= 0.6 is 0 Å². The van der Waals surface area contributed by atoms with Crippen molar-refractivity contribution in [2.45, 2.75) is 32.4 Å². The third-order valence-corrected chi connectivity index (χ3v) is 3.98. The fraction of sp³-hybridized carbons (Fsp3) is 0.857. The van der Waals surface area contributed by atoms with Crippen LogP contribution in [0.2, 0.25) is 0 Å². The number of rotatable bonds is 7. The molecular formula is C14H27N5O. The molecule has 0 bridgehead atoms. The number of likely N-dealkylation sites (N-methyl/N-ethyl adjacent to an activating group) is 1. The maximum Gasteiger partial charge on any atom is 0.137 e. The molecule has 1 aromatic heterocycles. The maximum atomic E-state index is 9.41. The number of aromatic nitrogens is 3. The summed E-state index contributed by atoms with van der Waals surface area (Å²) in [6, 6.07) is 0. The highest BCUT2D eigenvalue weighted by molar-refractivity contribution is 4.75. The Bertz CT molecular complexity index is 360. The Labute approximate surface area is 121 Å². The summed E-state index contributed by atoms with van der Waals surface area (Å²) in [5.41, 5.74) is 0. The Kier molecular flexibility index (Phi) is 5.94. The van der Waals surface area contributed by atoms with Gasteiger partial charge in [0.1, 0.15) is 12.7 Å². The Balaban J connectivity index is 1.62. The van der Waals surface area contributed by atoms with E-state index < -0.39 is 0 Å². The van der Waals surface area contributed by atoms with Crippen LogP contribution in [0.1, 0.15) is 19.8 Å². The summed E-state index contributed by atoms with van der Waals surface area (Å²) in [5, 5.41) is 13.5. The van der Waals surface area contributed by atoms with Gasteiger partial charge in [-0.2, -0.15) is 5.10 Å². The van der Waals surface area contributed by atoms with E-state index in [0.717, 1.165) is 45.2 Å². The Morgan fingerprint density at radius 2 is 2.15 bits per heavy atom. The molecular weight excluding hydrogens is 254 g/mol. The van der Waals surface area contributed by atoms with Gasteiger partial charge in [0.05, 0.1) is 12.6 Å². The van der Waals surface area contributed by atoms with Gasteiger partial charge >= 0.3 is 0 Å². The summed E-state index contributed by atoms with van der Waals surface area (Å²) in [4.78, 5) is 8.71. The molecule has 1 aliphatic rings. The van der Waals surface area contributed by atoms with Gasteiger partial charge in [-0.25, -0.2) is 4.98 Å². The monoisotopic (exact) mass is 281 g/mol. The van der Waals surface area contributed by atoms with E-state index in [0.29, 0.717) is 0 Å². The molecule has 1 atom stereocenters. The summed E-state index contributed by atoms with van der Waals surface area (Å²) in [6.45, 7) is 7.98. The van der Waals surface area contributed by atoms with Crippen molar-refractivity contribution in [3.05, 3.63) is 12.7 Å². The molecule has 1 fully saturated rings. The SMILES string of the molecule is C[C@H](O)CN1CCC(CN(C)CCn2cncn2)CC1. The molecule has 1 aromatic rings. The largest absolute Gasteiger partial charge is 0.392 e. The normalized spacial score (nSPS) is 19.6. The van der Waals surface area contributed by atoms with Crippen LogP contribution in [0.5, 0.6) is 0 Å². The predicted molar refractivity (Wildman–Crippen MR) is 78.4 cm³/mol. The van der Waals surface area contributed by atoms with Gasteiger partial charge in [-0.3, -0.25) is 4.68 Å². The van der Waals surface area contributed by atoms with Gasteiger partial charge < -0.3 is 14.9 Å². The van der Waals surface area contributed by atoms with Crippen molar-refractivity contribution in [1.29, 1.82) is 0 Å². The fourth-order valence-electron chi connectivity index (χ4n) is 2.88. The van der Waals surface area contributed by atoms with E-state index in [1.165, 1.54) is 12.8 Å². The first kappa shape index (κ1) is 15.4. The molecule has 0 amide bonds. The Morgan fingerprint density at radius 1 is 1.40 bits per heavy atom. The number of hydrogen-bond acceptors (Lipinski definition) is 5. The number of β-amino-alcohol motifs (C(OH)–C–C–N with tert-alkyl or cyclic N) is 1.